The fourth-order valence-electron chi connectivity index (χ4n) is 4.35. The Morgan fingerprint density at radius 2 is 1.15 bits per heavy atom. The Hall–Kier alpha value is -3.59. The van der Waals surface area contributed by atoms with Crippen molar-refractivity contribution in [2.75, 3.05) is 4.90 Å². The maximum absolute atomic E-state index is 6.40. The highest BCUT2D eigenvalue weighted by atomic mass is 35.5. The number of halogens is 1. The van der Waals surface area contributed by atoms with E-state index >= 15 is 0 Å². The molecule has 0 aliphatic carbocycles. The van der Waals surface area contributed by atoms with Crippen LogP contribution in [0.15, 0.2) is 121 Å². The molecule has 0 N–H and O–H groups in total. The van der Waals surface area contributed by atoms with Crippen LogP contribution in [0.2, 0.25) is 5.02 Å². The van der Waals surface area contributed by atoms with Crippen molar-refractivity contribution >= 4 is 60.2 Å². The molecule has 0 amide bonds. The Labute approximate surface area is 202 Å². The number of rotatable bonds is 4. The van der Waals surface area contributed by atoms with Gasteiger partial charge in [0.05, 0.1) is 0 Å². The van der Waals surface area contributed by atoms with E-state index in [1.807, 2.05) is 35.6 Å². The van der Waals surface area contributed by atoms with E-state index in [0.29, 0.717) is 0 Å². The van der Waals surface area contributed by atoms with Gasteiger partial charge in [0.2, 0.25) is 0 Å². The van der Waals surface area contributed by atoms with Crippen LogP contribution in [-0.2, 0) is 0 Å². The Kier molecular flexibility index (Phi) is 5.10. The van der Waals surface area contributed by atoms with E-state index < -0.39 is 0 Å². The van der Waals surface area contributed by atoms with Crippen molar-refractivity contribution in [1.29, 1.82) is 0 Å². The molecule has 6 rings (SSSR count). The fraction of sp³-hybridized carbons (Fsp3) is 0. The van der Waals surface area contributed by atoms with E-state index in [0.717, 1.165) is 22.1 Å². The Morgan fingerprint density at radius 3 is 1.97 bits per heavy atom. The van der Waals surface area contributed by atoms with Crippen LogP contribution in [0.3, 0.4) is 0 Å². The summed E-state index contributed by atoms with van der Waals surface area (Å²) in [6.07, 6.45) is 0. The number of thiophene rings is 1. The van der Waals surface area contributed by atoms with E-state index in [9.17, 15) is 0 Å². The van der Waals surface area contributed by atoms with Crippen molar-refractivity contribution in [3.8, 4) is 11.1 Å². The van der Waals surface area contributed by atoms with Crippen molar-refractivity contribution in [2.24, 2.45) is 0 Å². The molecule has 0 saturated heterocycles. The van der Waals surface area contributed by atoms with Crippen molar-refractivity contribution < 1.29 is 0 Å². The lowest BCUT2D eigenvalue weighted by Crippen LogP contribution is -2.09. The third-order valence-electron chi connectivity index (χ3n) is 5.92. The molecular weight excluding hydrogens is 442 g/mol. The van der Waals surface area contributed by atoms with Crippen molar-refractivity contribution in [3.63, 3.8) is 0 Å². The highest BCUT2D eigenvalue weighted by Gasteiger charge is 2.15. The Bertz CT molecular complexity index is 1570. The molecule has 33 heavy (non-hydrogen) atoms. The predicted molar refractivity (Wildman–Crippen MR) is 144 cm³/mol. The van der Waals surface area contributed by atoms with Gasteiger partial charge in [-0.3, -0.25) is 0 Å². The minimum atomic E-state index is 0.723. The normalized spacial score (nSPS) is 11.2. The second-order valence-electron chi connectivity index (χ2n) is 8.01. The number of nitrogens with zero attached hydrogens (tertiary/aromatic N) is 1. The molecule has 0 bridgehead atoms. The van der Waals surface area contributed by atoms with Crippen LogP contribution in [0.4, 0.5) is 17.1 Å². The molecule has 0 fully saturated rings. The largest absolute Gasteiger partial charge is 0.310 e. The molecule has 1 nitrogen and oxygen atoms in total. The second kappa shape index (κ2) is 8.40. The van der Waals surface area contributed by atoms with Crippen LogP contribution in [0.5, 0.6) is 0 Å². The molecule has 1 aromatic heterocycles. The molecule has 0 atom stereocenters. The summed E-state index contributed by atoms with van der Waals surface area (Å²) in [5.74, 6) is 0. The third kappa shape index (κ3) is 3.78. The number of hydrogen-bond acceptors (Lipinski definition) is 2. The summed E-state index contributed by atoms with van der Waals surface area (Å²) in [5, 5.41) is 3.30. The minimum Gasteiger partial charge on any atom is -0.310 e. The van der Waals surface area contributed by atoms with Crippen LogP contribution in [-0.4, -0.2) is 0 Å². The summed E-state index contributed by atoms with van der Waals surface area (Å²) in [5.41, 5.74) is 5.65. The van der Waals surface area contributed by atoms with Crippen LogP contribution >= 0.6 is 22.9 Å². The number of hydrogen-bond donors (Lipinski definition) is 0. The molecule has 0 radical (unpaired) electrons. The van der Waals surface area contributed by atoms with Gasteiger partial charge in [0.1, 0.15) is 0 Å². The second-order valence-corrected chi connectivity index (χ2v) is 9.53. The summed E-state index contributed by atoms with van der Waals surface area (Å²) in [6, 6.07) is 42.5. The Balaban J connectivity index is 1.51. The van der Waals surface area contributed by atoms with Gasteiger partial charge in [-0.2, -0.15) is 0 Å². The molecular formula is C30H20ClNS. The molecule has 158 valence electrons. The average Bonchev–Trinajstić information content (AvgIpc) is 3.23. The maximum Gasteiger partial charge on any atom is 0.0476 e. The average molecular weight is 462 g/mol. The first-order valence-electron chi connectivity index (χ1n) is 10.9. The smallest absolute Gasteiger partial charge is 0.0476 e. The molecule has 0 spiro atoms. The van der Waals surface area contributed by atoms with E-state index in [-0.39, 0.29) is 0 Å². The molecule has 0 saturated carbocycles. The summed E-state index contributed by atoms with van der Waals surface area (Å²) >= 11 is 8.24. The third-order valence-corrected chi connectivity index (χ3v) is 7.30. The molecule has 0 aliphatic heterocycles. The minimum absolute atomic E-state index is 0.723. The zero-order chi connectivity index (χ0) is 22.2. The topological polar surface area (TPSA) is 3.24 Å². The molecule has 6 aromatic rings. The summed E-state index contributed by atoms with van der Waals surface area (Å²) in [6.45, 7) is 0. The van der Waals surface area contributed by atoms with Gasteiger partial charge in [-0.05, 0) is 65.7 Å². The monoisotopic (exact) mass is 461 g/mol. The van der Waals surface area contributed by atoms with Crippen LogP contribution in [0.25, 0.3) is 31.3 Å². The van der Waals surface area contributed by atoms with E-state index in [1.54, 1.807) is 0 Å². The van der Waals surface area contributed by atoms with Gasteiger partial charge in [-0.25, -0.2) is 0 Å². The van der Waals surface area contributed by atoms with Crippen LogP contribution in [0, 0.1) is 0 Å². The predicted octanol–water partition coefficient (Wildman–Crippen LogP) is 9.84. The first-order valence-corrected chi connectivity index (χ1v) is 12.1. The van der Waals surface area contributed by atoms with E-state index in [1.165, 1.54) is 31.3 Å². The van der Waals surface area contributed by atoms with Gasteiger partial charge in [0.15, 0.2) is 0 Å². The number of benzene rings is 5. The molecule has 0 unspecified atom stereocenters. The lowest BCUT2D eigenvalue weighted by Gasteiger charge is -2.26. The standard InChI is InChI=1S/C30H20ClNS/c31-23-9-6-10-25(19-23)32(24-15-13-22(14-16-24)21-7-2-1-3-8-21)26-17-18-30-28(20-26)27-11-4-5-12-29(27)33-30/h1-20H. The van der Waals surface area contributed by atoms with Crippen molar-refractivity contribution in [2.45, 2.75) is 0 Å². The van der Waals surface area contributed by atoms with Crippen molar-refractivity contribution in [1.82, 2.24) is 0 Å². The maximum atomic E-state index is 6.40. The fourth-order valence-corrected chi connectivity index (χ4v) is 5.62. The first kappa shape index (κ1) is 20.0. The highest BCUT2D eigenvalue weighted by Crippen LogP contribution is 2.41. The van der Waals surface area contributed by atoms with Gasteiger partial charge >= 0.3 is 0 Å². The zero-order valence-electron chi connectivity index (χ0n) is 17.8. The first-order chi connectivity index (χ1) is 16.3. The number of anilines is 3. The highest BCUT2D eigenvalue weighted by molar-refractivity contribution is 7.25. The molecule has 0 aliphatic rings. The summed E-state index contributed by atoms with van der Waals surface area (Å²) in [4.78, 5) is 2.27. The number of fused-ring (bicyclic) bond motifs is 3. The van der Waals surface area contributed by atoms with Gasteiger partial charge in [0, 0.05) is 42.3 Å². The molecule has 5 aromatic carbocycles. The van der Waals surface area contributed by atoms with Gasteiger partial charge in [0.25, 0.3) is 0 Å². The van der Waals surface area contributed by atoms with E-state index in [4.69, 9.17) is 11.6 Å². The lowest BCUT2D eigenvalue weighted by molar-refractivity contribution is 1.29. The quantitative estimate of drug-likeness (QED) is 0.252. The molecule has 3 heteroatoms. The van der Waals surface area contributed by atoms with E-state index in [2.05, 4.69) is 102 Å². The van der Waals surface area contributed by atoms with Crippen molar-refractivity contribution in [3.05, 3.63) is 126 Å². The zero-order valence-corrected chi connectivity index (χ0v) is 19.4. The lowest BCUT2D eigenvalue weighted by atomic mass is 10.0. The van der Waals surface area contributed by atoms with Crippen LogP contribution in [0.1, 0.15) is 0 Å². The van der Waals surface area contributed by atoms with Gasteiger partial charge < -0.3 is 4.90 Å². The van der Waals surface area contributed by atoms with Crippen LogP contribution < -0.4 is 4.90 Å². The summed E-state index contributed by atoms with van der Waals surface area (Å²) < 4.78 is 2.61. The summed E-state index contributed by atoms with van der Waals surface area (Å²) in [7, 11) is 0. The Morgan fingerprint density at radius 1 is 0.485 bits per heavy atom. The van der Waals surface area contributed by atoms with Gasteiger partial charge in [-0.15, -0.1) is 11.3 Å². The molecule has 1 heterocycles. The van der Waals surface area contributed by atoms with Gasteiger partial charge in [-0.1, -0.05) is 78.3 Å². The SMILES string of the molecule is Clc1cccc(N(c2ccc(-c3ccccc3)cc2)c2ccc3sc4ccccc4c3c2)c1.